The van der Waals surface area contributed by atoms with Crippen LogP contribution in [0.2, 0.25) is 0 Å². The fraction of sp³-hybridized carbons (Fsp3) is 1.00. The molecule has 3 unspecified atom stereocenters. The van der Waals surface area contributed by atoms with E-state index in [0.29, 0.717) is 6.42 Å². The minimum absolute atomic E-state index is 0.0726. The third-order valence-corrected chi connectivity index (χ3v) is 3.34. The molecule has 98 valence electrons. The molecule has 4 heteroatoms. The van der Waals surface area contributed by atoms with Gasteiger partial charge in [-0.3, -0.25) is 0 Å². The molecule has 0 aromatic carbocycles. The normalized spacial score (nSPS) is 20.2. The van der Waals surface area contributed by atoms with E-state index >= 15 is 0 Å². The highest BCUT2D eigenvalue weighted by atomic mass is 19.4. The van der Waals surface area contributed by atoms with Gasteiger partial charge in [0.2, 0.25) is 0 Å². The molecule has 1 N–H and O–H groups in total. The molecule has 0 aliphatic heterocycles. The van der Waals surface area contributed by atoms with Crippen molar-refractivity contribution in [3.05, 3.63) is 0 Å². The van der Waals surface area contributed by atoms with Crippen LogP contribution in [-0.2, 0) is 0 Å². The van der Waals surface area contributed by atoms with Crippen LogP contribution in [-0.4, -0.2) is 16.9 Å². The van der Waals surface area contributed by atoms with Crippen molar-refractivity contribution in [1.29, 1.82) is 0 Å². The quantitative estimate of drug-likeness (QED) is 0.739. The highest BCUT2D eigenvalue weighted by Gasteiger charge is 2.50. The molecule has 0 fully saturated rings. The second-order valence-electron chi connectivity index (χ2n) is 4.91. The maximum atomic E-state index is 12.5. The van der Waals surface area contributed by atoms with Crippen LogP contribution in [0.5, 0.6) is 0 Å². The molecule has 0 aliphatic rings. The standard InChI is InChI=1S/C12H23F3O/c1-5-7-9(3)10(6-2)8-11(4,16)12(13,14)15/h9-10,16H,5-8H2,1-4H3. The molecule has 0 aromatic heterocycles. The minimum Gasteiger partial charge on any atom is -0.381 e. The van der Waals surface area contributed by atoms with Crippen LogP contribution >= 0.6 is 0 Å². The molecular weight excluding hydrogens is 217 g/mol. The molecule has 0 rings (SSSR count). The summed E-state index contributed by atoms with van der Waals surface area (Å²) in [5.74, 6) is 0.153. The van der Waals surface area contributed by atoms with Gasteiger partial charge in [0.05, 0.1) is 0 Å². The molecule has 0 saturated heterocycles. The molecular formula is C12H23F3O. The van der Waals surface area contributed by atoms with Gasteiger partial charge in [0.25, 0.3) is 0 Å². The van der Waals surface area contributed by atoms with Crippen LogP contribution in [0.3, 0.4) is 0 Å². The maximum absolute atomic E-state index is 12.5. The Hall–Kier alpha value is -0.250. The second-order valence-corrected chi connectivity index (χ2v) is 4.91. The Bertz CT molecular complexity index is 199. The highest BCUT2D eigenvalue weighted by Crippen LogP contribution is 2.38. The van der Waals surface area contributed by atoms with Gasteiger partial charge in [0.15, 0.2) is 5.60 Å². The summed E-state index contributed by atoms with van der Waals surface area (Å²) in [6, 6.07) is 0. The second kappa shape index (κ2) is 5.89. The summed E-state index contributed by atoms with van der Waals surface area (Å²) in [5.41, 5.74) is -2.56. The molecule has 0 amide bonds. The Morgan fingerprint density at radius 2 is 1.69 bits per heavy atom. The Balaban J connectivity index is 4.53. The highest BCUT2D eigenvalue weighted by molar-refractivity contribution is 4.85. The van der Waals surface area contributed by atoms with Gasteiger partial charge in [0.1, 0.15) is 0 Å². The fourth-order valence-corrected chi connectivity index (χ4v) is 2.07. The Morgan fingerprint density at radius 3 is 2.00 bits per heavy atom. The third-order valence-electron chi connectivity index (χ3n) is 3.34. The molecule has 3 atom stereocenters. The van der Waals surface area contributed by atoms with Gasteiger partial charge >= 0.3 is 6.18 Å². The van der Waals surface area contributed by atoms with Crippen molar-refractivity contribution < 1.29 is 18.3 Å². The van der Waals surface area contributed by atoms with E-state index in [1.165, 1.54) is 0 Å². The van der Waals surface area contributed by atoms with Gasteiger partial charge in [-0.05, 0) is 25.2 Å². The molecule has 0 radical (unpaired) electrons. The lowest BCUT2D eigenvalue weighted by molar-refractivity contribution is -0.259. The predicted octanol–water partition coefficient (Wildman–Crippen LogP) is 4.15. The van der Waals surface area contributed by atoms with Crippen molar-refractivity contribution in [2.24, 2.45) is 11.8 Å². The molecule has 0 bridgehead atoms. The van der Waals surface area contributed by atoms with Crippen LogP contribution in [0, 0.1) is 11.8 Å². The molecule has 0 heterocycles. The topological polar surface area (TPSA) is 20.2 Å². The monoisotopic (exact) mass is 240 g/mol. The van der Waals surface area contributed by atoms with Crippen molar-refractivity contribution >= 4 is 0 Å². The Morgan fingerprint density at radius 1 is 1.19 bits per heavy atom. The first-order valence-corrected chi connectivity index (χ1v) is 5.94. The molecule has 0 saturated carbocycles. The van der Waals surface area contributed by atoms with Crippen molar-refractivity contribution in [3.63, 3.8) is 0 Å². The predicted molar refractivity (Wildman–Crippen MR) is 59.1 cm³/mol. The molecule has 1 nitrogen and oxygen atoms in total. The molecule has 0 aromatic rings. The lowest BCUT2D eigenvalue weighted by Crippen LogP contribution is -2.44. The van der Waals surface area contributed by atoms with Crippen LogP contribution in [0.25, 0.3) is 0 Å². The van der Waals surface area contributed by atoms with Crippen LogP contribution in [0.15, 0.2) is 0 Å². The average molecular weight is 240 g/mol. The summed E-state index contributed by atoms with van der Waals surface area (Å²) in [5, 5.41) is 9.44. The van der Waals surface area contributed by atoms with Crippen molar-refractivity contribution in [3.8, 4) is 0 Å². The van der Waals surface area contributed by atoms with E-state index in [2.05, 4.69) is 0 Å². The van der Waals surface area contributed by atoms with Crippen LogP contribution in [0.1, 0.15) is 53.4 Å². The van der Waals surface area contributed by atoms with E-state index in [4.69, 9.17) is 0 Å². The average Bonchev–Trinajstić information content (AvgIpc) is 2.12. The lowest BCUT2D eigenvalue weighted by Gasteiger charge is -2.32. The molecule has 0 aliphatic carbocycles. The number of rotatable bonds is 6. The Labute approximate surface area is 96.0 Å². The largest absolute Gasteiger partial charge is 0.416 e. The van der Waals surface area contributed by atoms with E-state index in [1.807, 2.05) is 20.8 Å². The zero-order valence-corrected chi connectivity index (χ0v) is 10.6. The summed E-state index contributed by atoms with van der Waals surface area (Å²) >= 11 is 0. The number of hydrogen-bond acceptors (Lipinski definition) is 1. The van der Waals surface area contributed by atoms with E-state index in [9.17, 15) is 18.3 Å². The Kier molecular flexibility index (Phi) is 5.80. The SMILES string of the molecule is CCCC(C)C(CC)CC(C)(O)C(F)(F)F. The van der Waals surface area contributed by atoms with Crippen LogP contribution in [0.4, 0.5) is 13.2 Å². The smallest absolute Gasteiger partial charge is 0.381 e. The van der Waals surface area contributed by atoms with E-state index in [0.717, 1.165) is 19.8 Å². The maximum Gasteiger partial charge on any atom is 0.416 e. The summed E-state index contributed by atoms with van der Waals surface area (Å²) in [7, 11) is 0. The first-order valence-electron chi connectivity index (χ1n) is 5.94. The van der Waals surface area contributed by atoms with Crippen molar-refractivity contribution in [1.82, 2.24) is 0 Å². The number of aliphatic hydroxyl groups is 1. The van der Waals surface area contributed by atoms with Crippen molar-refractivity contribution in [2.75, 3.05) is 0 Å². The third kappa shape index (κ3) is 4.32. The summed E-state index contributed by atoms with van der Waals surface area (Å²) in [4.78, 5) is 0. The molecule has 0 spiro atoms. The molecule has 16 heavy (non-hydrogen) atoms. The van der Waals surface area contributed by atoms with Gasteiger partial charge in [-0.15, -0.1) is 0 Å². The van der Waals surface area contributed by atoms with E-state index in [1.54, 1.807) is 0 Å². The zero-order valence-electron chi connectivity index (χ0n) is 10.6. The zero-order chi connectivity index (χ0) is 13.0. The summed E-state index contributed by atoms with van der Waals surface area (Å²) in [6.45, 7) is 6.73. The van der Waals surface area contributed by atoms with Crippen molar-refractivity contribution in [2.45, 2.75) is 65.2 Å². The van der Waals surface area contributed by atoms with Gasteiger partial charge in [-0.2, -0.15) is 13.2 Å². The van der Waals surface area contributed by atoms with E-state index in [-0.39, 0.29) is 18.3 Å². The van der Waals surface area contributed by atoms with Gasteiger partial charge < -0.3 is 5.11 Å². The van der Waals surface area contributed by atoms with Crippen LogP contribution < -0.4 is 0 Å². The lowest BCUT2D eigenvalue weighted by atomic mass is 9.80. The number of hydrogen-bond donors (Lipinski definition) is 1. The summed E-state index contributed by atoms with van der Waals surface area (Å²) in [6.07, 6.45) is -2.19. The number of alkyl halides is 3. The number of halogens is 3. The first kappa shape index (κ1) is 15.8. The first-order chi connectivity index (χ1) is 7.15. The van der Waals surface area contributed by atoms with Gasteiger partial charge in [0, 0.05) is 0 Å². The van der Waals surface area contributed by atoms with E-state index < -0.39 is 11.8 Å². The minimum atomic E-state index is -4.54. The summed E-state index contributed by atoms with van der Waals surface area (Å²) < 4.78 is 37.6. The van der Waals surface area contributed by atoms with Gasteiger partial charge in [-0.1, -0.05) is 40.0 Å². The van der Waals surface area contributed by atoms with Gasteiger partial charge in [-0.25, -0.2) is 0 Å². The fourth-order valence-electron chi connectivity index (χ4n) is 2.07.